The van der Waals surface area contributed by atoms with Crippen molar-refractivity contribution >= 4 is 17.9 Å². The second-order valence-corrected chi connectivity index (χ2v) is 3.63. The summed E-state index contributed by atoms with van der Waals surface area (Å²) in [7, 11) is 0. The normalized spacial score (nSPS) is 29.4. The molecule has 1 aliphatic heterocycles. The van der Waals surface area contributed by atoms with Crippen LogP contribution >= 0.6 is 0 Å². The third-order valence-electron chi connectivity index (χ3n) is 2.00. The van der Waals surface area contributed by atoms with E-state index in [1.54, 1.807) is 0 Å². The fourth-order valence-electron chi connectivity index (χ4n) is 1.01. The van der Waals surface area contributed by atoms with E-state index in [9.17, 15) is 19.5 Å². The van der Waals surface area contributed by atoms with Gasteiger partial charge in [-0.05, 0) is 13.8 Å². The van der Waals surface area contributed by atoms with Gasteiger partial charge in [0.25, 0.3) is 0 Å². The highest BCUT2D eigenvalue weighted by Gasteiger charge is 2.46. The van der Waals surface area contributed by atoms with E-state index in [1.807, 2.05) is 0 Å². The Morgan fingerprint density at radius 2 is 2.00 bits per heavy atom. The summed E-state index contributed by atoms with van der Waals surface area (Å²) >= 11 is 0. The number of aliphatic hydroxyl groups is 1. The summed E-state index contributed by atoms with van der Waals surface area (Å²) in [5.41, 5.74) is -0.0180. The Kier molecular flexibility index (Phi) is 3.87. The molecule has 0 aromatic heterocycles. The van der Waals surface area contributed by atoms with Crippen molar-refractivity contribution in [2.75, 3.05) is 0 Å². The number of hydrogen-bond acceptors (Lipinski definition) is 7. The largest absolute Gasteiger partial charge is 0.448 e. The van der Waals surface area contributed by atoms with Gasteiger partial charge >= 0.3 is 23.9 Å². The van der Waals surface area contributed by atoms with Crippen molar-refractivity contribution in [3.8, 4) is 0 Å². The van der Waals surface area contributed by atoms with Crippen LogP contribution in [-0.2, 0) is 28.6 Å². The first-order chi connectivity index (χ1) is 8.24. The molecule has 0 aromatic carbocycles. The monoisotopic (exact) mass is 256 g/mol. The summed E-state index contributed by atoms with van der Waals surface area (Å²) in [5.74, 6) is -5.59. The van der Waals surface area contributed by atoms with Crippen LogP contribution in [0.5, 0.6) is 0 Å². The highest BCUT2D eigenvalue weighted by atomic mass is 16.9. The first-order valence-corrected chi connectivity index (χ1v) is 4.97. The quantitative estimate of drug-likeness (QED) is 0.414. The van der Waals surface area contributed by atoms with Gasteiger partial charge in [0, 0.05) is 17.7 Å². The second kappa shape index (κ2) is 5.01. The average Bonchev–Trinajstić information content (AvgIpc) is 2.24. The van der Waals surface area contributed by atoms with Crippen LogP contribution in [0.1, 0.15) is 13.8 Å². The second-order valence-electron chi connectivity index (χ2n) is 3.63. The van der Waals surface area contributed by atoms with Gasteiger partial charge in [0.05, 0.1) is 0 Å². The molecule has 1 rings (SSSR count). The Balaban J connectivity index is 2.98. The fraction of sp³-hybridized carbons (Fsp3) is 0.364. The summed E-state index contributed by atoms with van der Waals surface area (Å²) in [6.07, 6.45) is 0.189. The van der Waals surface area contributed by atoms with Gasteiger partial charge in [0.15, 0.2) is 0 Å². The number of carbonyl (C=O) groups is 3. The van der Waals surface area contributed by atoms with Gasteiger partial charge in [-0.3, -0.25) is 0 Å². The summed E-state index contributed by atoms with van der Waals surface area (Å²) in [6, 6.07) is 0. The van der Waals surface area contributed by atoms with E-state index in [0.717, 1.165) is 12.2 Å². The van der Waals surface area contributed by atoms with Crippen molar-refractivity contribution in [1.29, 1.82) is 0 Å². The lowest BCUT2D eigenvalue weighted by atomic mass is 10.3. The van der Waals surface area contributed by atoms with E-state index in [1.165, 1.54) is 13.8 Å². The van der Waals surface area contributed by atoms with Gasteiger partial charge < -0.3 is 19.3 Å². The van der Waals surface area contributed by atoms with E-state index >= 15 is 0 Å². The van der Waals surface area contributed by atoms with Crippen LogP contribution in [0.15, 0.2) is 24.3 Å². The highest BCUT2D eigenvalue weighted by molar-refractivity contribution is 5.92. The Morgan fingerprint density at radius 1 is 1.44 bits per heavy atom. The minimum Gasteiger partial charge on any atom is -0.448 e. The Morgan fingerprint density at radius 3 is 2.56 bits per heavy atom. The molecule has 98 valence electrons. The molecule has 1 heterocycles. The number of hydrogen-bond donors (Lipinski definition) is 1. The standard InChI is InChI=1S/C11H12O7/c1-6(2)10(14)18-11(15)7(3)16-8(12)4-5-9(13)17-11/h4-5,7,15H,1H2,2-3H3/b5-4-. The van der Waals surface area contributed by atoms with Crippen molar-refractivity contribution < 1.29 is 33.7 Å². The summed E-state index contributed by atoms with van der Waals surface area (Å²) in [6.45, 7) is 5.85. The zero-order valence-corrected chi connectivity index (χ0v) is 9.84. The molecular weight excluding hydrogens is 244 g/mol. The van der Waals surface area contributed by atoms with Crippen LogP contribution in [0.2, 0.25) is 0 Å². The molecule has 0 saturated heterocycles. The van der Waals surface area contributed by atoms with Gasteiger partial charge in [-0.2, -0.15) is 0 Å². The third-order valence-corrected chi connectivity index (χ3v) is 2.00. The minimum atomic E-state index is -2.69. The lowest BCUT2D eigenvalue weighted by Gasteiger charge is -2.31. The maximum Gasteiger partial charge on any atom is 0.413 e. The molecule has 2 atom stereocenters. The molecular formula is C11H12O7. The fourth-order valence-corrected chi connectivity index (χ4v) is 1.01. The molecule has 18 heavy (non-hydrogen) atoms. The maximum atomic E-state index is 11.3. The topological polar surface area (TPSA) is 99.1 Å². The number of esters is 3. The molecule has 0 fully saturated rings. The first kappa shape index (κ1) is 13.9. The molecule has 0 aliphatic carbocycles. The van der Waals surface area contributed by atoms with Crippen LogP contribution in [0.3, 0.4) is 0 Å². The SMILES string of the molecule is C=C(C)C(=O)OC1(O)OC(=O)/C=C\C(=O)OC1C. The van der Waals surface area contributed by atoms with E-state index < -0.39 is 30.0 Å². The van der Waals surface area contributed by atoms with Gasteiger partial charge in [-0.1, -0.05) is 6.58 Å². The van der Waals surface area contributed by atoms with Crippen molar-refractivity contribution in [2.24, 2.45) is 0 Å². The number of cyclic esters (lactones) is 2. The van der Waals surface area contributed by atoms with Crippen molar-refractivity contribution in [3.63, 3.8) is 0 Å². The highest BCUT2D eigenvalue weighted by Crippen LogP contribution is 2.21. The van der Waals surface area contributed by atoms with E-state index in [4.69, 9.17) is 0 Å². The van der Waals surface area contributed by atoms with Crippen molar-refractivity contribution in [1.82, 2.24) is 0 Å². The average molecular weight is 256 g/mol. The molecule has 0 spiro atoms. The van der Waals surface area contributed by atoms with E-state index in [0.29, 0.717) is 0 Å². The smallest absolute Gasteiger partial charge is 0.413 e. The maximum absolute atomic E-state index is 11.3. The molecule has 0 radical (unpaired) electrons. The molecule has 0 aromatic rings. The van der Waals surface area contributed by atoms with Gasteiger partial charge in [-0.15, -0.1) is 0 Å². The Hall–Kier alpha value is -2.15. The lowest BCUT2D eigenvalue weighted by molar-refractivity contribution is -0.356. The third kappa shape index (κ3) is 3.17. The molecule has 1 N–H and O–H groups in total. The summed E-state index contributed by atoms with van der Waals surface area (Å²) in [4.78, 5) is 33.6. The van der Waals surface area contributed by atoms with E-state index in [-0.39, 0.29) is 5.57 Å². The Bertz CT molecular complexity index is 437. The van der Waals surface area contributed by atoms with Crippen LogP contribution in [0.25, 0.3) is 0 Å². The molecule has 0 amide bonds. The van der Waals surface area contributed by atoms with Crippen LogP contribution in [0.4, 0.5) is 0 Å². The summed E-state index contributed by atoms with van der Waals surface area (Å²) < 4.78 is 13.8. The molecule has 0 bridgehead atoms. The van der Waals surface area contributed by atoms with E-state index in [2.05, 4.69) is 20.8 Å². The molecule has 0 saturated carbocycles. The van der Waals surface area contributed by atoms with Crippen LogP contribution in [-0.4, -0.2) is 35.1 Å². The number of rotatable bonds is 2. The van der Waals surface area contributed by atoms with Gasteiger partial charge in [0.2, 0.25) is 6.10 Å². The van der Waals surface area contributed by atoms with Crippen molar-refractivity contribution in [3.05, 3.63) is 24.3 Å². The summed E-state index contributed by atoms with van der Waals surface area (Å²) in [5, 5.41) is 9.91. The molecule has 7 heteroatoms. The molecule has 2 unspecified atom stereocenters. The predicted molar refractivity (Wildman–Crippen MR) is 56.6 cm³/mol. The Labute approximate surface area is 103 Å². The number of ether oxygens (including phenoxy) is 3. The lowest BCUT2D eigenvalue weighted by Crippen LogP contribution is -2.51. The zero-order valence-electron chi connectivity index (χ0n) is 9.84. The molecule has 7 nitrogen and oxygen atoms in total. The minimum absolute atomic E-state index is 0.0180. The molecule has 1 aliphatic rings. The predicted octanol–water partition coefficient (Wildman–Crippen LogP) is -0.204. The van der Waals surface area contributed by atoms with Crippen LogP contribution in [0, 0.1) is 0 Å². The van der Waals surface area contributed by atoms with Gasteiger partial charge in [0.1, 0.15) is 0 Å². The first-order valence-electron chi connectivity index (χ1n) is 4.97. The van der Waals surface area contributed by atoms with Crippen LogP contribution < -0.4 is 0 Å². The zero-order chi connectivity index (χ0) is 13.9. The van der Waals surface area contributed by atoms with Gasteiger partial charge in [-0.25, -0.2) is 14.4 Å². The number of carbonyl (C=O) groups excluding carboxylic acids is 3. The van der Waals surface area contributed by atoms with Crippen molar-refractivity contribution in [2.45, 2.75) is 25.9 Å².